The molecule has 0 bridgehead atoms. The molecule has 7 heteroatoms. The number of hydrogen-bond donors (Lipinski definition) is 2. The number of aryl methyl sites for hydroxylation is 1. The molecule has 5 rings (SSSR count). The van der Waals surface area contributed by atoms with Gasteiger partial charge in [-0.05, 0) is 48.9 Å². The second kappa shape index (κ2) is 9.67. The van der Waals surface area contributed by atoms with Gasteiger partial charge in [-0.25, -0.2) is 9.97 Å². The summed E-state index contributed by atoms with van der Waals surface area (Å²) in [6, 6.07) is 20.7. The lowest BCUT2D eigenvalue weighted by Crippen LogP contribution is -2.06. The fourth-order valence-corrected chi connectivity index (χ4v) is 4.27. The van der Waals surface area contributed by atoms with E-state index in [1.807, 2.05) is 29.1 Å². The minimum Gasteiger partial charge on any atom is -0.385 e. The molecule has 0 unspecified atom stereocenters. The first kappa shape index (κ1) is 20.9. The van der Waals surface area contributed by atoms with Crippen LogP contribution in [0.5, 0.6) is 0 Å². The molecule has 0 fully saturated rings. The molecule has 33 heavy (non-hydrogen) atoms. The van der Waals surface area contributed by atoms with E-state index in [1.54, 1.807) is 23.9 Å². The van der Waals surface area contributed by atoms with Crippen molar-refractivity contribution in [3.05, 3.63) is 102 Å². The molecule has 0 saturated carbocycles. The fraction of sp³-hybridized carbons (Fsp3) is 0.115. The van der Waals surface area contributed by atoms with Gasteiger partial charge < -0.3 is 15.2 Å². The summed E-state index contributed by atoms with van der Waals surface area (Å²) in [6.07, 6.45) is 8.22. The van der Waals surface area contributed by atoms with Crippen LogP contribution in [-0.4, -0.2) is 26.1 Å². The lowest BCUT2D eigenvalue weighted by atomic mass is 10.1. The first-order chi connectivity index (χ1) is 16.2. The van der Waals surface area contributed by atoms with E-state index in [0.29, 0.717) is 0 Å². The van der Waals surface area contributed by atoms with Crippen molar-refractivity contribution in [2.45, 2.75) is 13.3 Å². The first-order valence-corrected chi connectivity index (χ1v) is 11.7. The number of hydrogen-bond acceptors (Lipinski definition) is 6. The van der Waals surface area contributed by atoms with Gasteiger partial charge in [0.15, 0.2) is 5.13 Å². The number of rotatable bonds is 8. The Kier molecular flexibility index (Phi) is 6.12. The smallest absolute Gasteiger partial charge is 0.187 e. The summed E-state index contributed by atoms with van der Waals surface area (Å²) >= 11 is 1.60. The maximum atomic E-state index is 4.80. The second-order valence-electron chi connectivity index (χ2n) is 7.71. The van der Waals surface area contributed by atoms with Crippen LogP contribution in [0.1, 0.15) is 11.3 Å². The quantitative estimate of drug-likeness (QED) is 0.298. The van der Waals surface area contributed by atoms with E-state index in [4.69, 9.17) is 4.98 Å². The maximum Gasteiger partial charge on any atom is 0.187 e. The predicted octanol–water partition coefficient (Wildman–Crippen LogP) is 6.10. The van der Waals surface area contributed by atoms with Crippen LogP contribution in [0.4, 0.5) is 16.5 Å². The van der Waals surface area contributed by atoms with Gasteiger partial charge in [0.05, 0.1) is 12.0 Å². The van der Waals surface area contributed by atoms with Crippen molar-refractivity contribution in [3.8, 4) is 16.9 Å². The summed E-state index contributed by atoms with van der Waals surface area (Å²) in [6.45, 7) is 2.93. The van der Waals surface area contributed by atoms with E-state index in [9.17, 15) is 0 Å². The number of anilines is 3. The van der Waals surface area contributed by atoms with Crippen molar-refractivity contribution >= 4 is 27.8 Å². The molecular formula is C26H24N6S. The number of benzene rings is 2. The summed E-state index contributed by atoms with van der Waals surface area (Å²) in [5.41, 5.74) is 7.51. The second-order valence-corrected chi connectivity index (χ2v) is 8.57. The molecule has 6 nitrogen and oxygen atoms in total. The molecule has 0 spiro atoms. The van der Waals surface area contributed by atoms with Crippen LogP contribution >= 0.6 is 11.3 Å². The summed E-state index contributed by atoms with van der Waals surface area (Å²) in [4.78, 5) is 13.3. The van der Waals surface area contributed by atoms with E-state index in [1.165, 1.54) is 5.56 Å². The SMILES string of the molecule is Cc1ccc(NCCc2ccccn2)cc1Nc1nc(-c2ccc(-n3ccnc3)cc2)cs1. The van der Waals surface area contributed by atoms with Crippen LogP contribution in [-0.2, 0) is 6.42 Å². The van der Waals surface area contributed by atoms with Crippen molar-refractivity contribution in [2.75, 3.05) is 17.2 Å². The molecule has 3 heterocycles. The zero-order valence-electron chi connectivity index (χ0n) is 18.3. The third kappa shape index (κ3) is 5.10. The molecule has 164 valence electrons. The van der Waals surface area contributed by atoms with Crippen LogP contribution in [0.25, 0.3) is 16.9 Å². The van der Waals surface area contributed by atoms with Crippen LogP contribution < -0.4 is 10.6 Å². The number of pyridine rings is 1. The molecule has 5 aromatic rings. The van der Waals surface area contributed by atoms with Gasteiger partial charge in [-0.3, -0.25) is 4.98 Å². The van der Waals surface area contributed by atoms with E-state index < -0.39 is 0 Å². The van der Waals surface area contributed by atoms with E-state index in [-0.39, 0.29) is 0 Å². The summed E-state index contributed by atoms with van der Waals surface area (Å²) in [7, 11) is 0. The van der Waals surface area contributed by atoms with Gasteiger partial charge in [0.2, 0.25) is 0 Å². The third-order valence-corrected chi connectivity index (χ3v) is 6.14. The van der Waals surface area contributed by atoms with Crippen molar-refractivity contribution in [1.82, 2.24) is 19.5 Å². The monoisotopic (exact) mass is 452 g/mol. The highest BCUT2D eigenvalue weighted by molar-refractivity contribution is 7.14. The van der Waals surface area contributed by atoms with Gasteiger partial charge in [0.25, 0.3) is 0 Å². The van der Waals surface area contributed by atoms with Crippen LogP contribution in [0.2, 0.25) is 0 Å². The predicted molar refractivity (Wildman–Crippen MR) is 136 cm³/mol. The number of nitrogens with one attached hydrogen (secondary N) is 2. The van der Waals surface area contributed by atoms with Crippen LogP contribution in [0.15, 0.2) is 91.0 Å². The molecule has 2 aromatic carbocycles. The number of imidazole rings is 1. The molecule has 0 aliphatic rings. The van der Waals surface area contributed by atoms with E-state index in [0.717, 1.165) is 52.1 Å². The highest BCUT2D eigenvalue weighted by atomic mass is 32.1. The Bertz CT molecular complexity index is 1310. The van der Waals surface area contributed by atoms with Crippen molar-refractivity contribution in [3.63, 3.8) is 0 Å². The van der Waals surface area contributed by atoms with Crippen molar-refractivity contribution in [2.24, 2.45) is 0 Å². The minimum atomic E-state index is 0.829. The Morgan fingerprint density at radius 2 is 1.91 bits per heavy atom. The van der Waals surface area contributed by atoms with Gasteiger partial charge in [-0.15, -0.1) is 11.3 Å². The standard InChI is InChI=1S/C26H24N6S/c1-19-5-8-22(29-13-11-21-4-2-3-12-28-21)16-24(19)30-26-31-25(17-33-26)20-6-9-23(10-7-20)32-15-14-27-18-32/h2-10,12,14-18,29H,11,13H2,1H3,(H,30,31). The zero-order valence-corrected chi connectivity index (χ0v) is 19.1. The van der Waals surface area contributed by atoms with Gasteiger partial charge >= 0.3 is 0 Å². The normalized spacial score (nSPS) is 10.8. The van der Waals surface area contributed by atoms with Gasteiger partial charge in [-0.2, -0.15) is 0 Å². The molecule has 0 atom stereocenters. The molecule has 2 N–H and O–H groups in total. The molecular weight excluding hydrogens is 428 g/mol. The Morgan fingerprint density at radius 3 is 2.70 bits per heavy atom. The maximum absolute atomic E-state index is 4.80. The molecule has 0 aliphatic carbocycles. The molecule has 0 saturated heterocycles. The number of nitrogens with zero attached hydrogens (tertiary/aromatic N) is 4. The topological polar surface area (TPSA) is 67.7 Å². The zero-order chi connectivity index (χ0) is 22.5. The van der Waals surface area contributed by atoms with Crippen molar-refractivity contribution in [1.29, 1.82) is 0 Å². The highest BCUT2D eigenvalue weighted by Gasteiger charge is 2.08. The lowest BCUT2D eigenvalue weighted by molar-refractivity contribution is 0.961. The Balaban J connectivity index is 1.24. The molecule has 0 radical (unpaired) electrons. The minimum absolute atomic E-state index is 0.829. The third-order valence-electron chi connectivity index (χ3n) is 5.39. The number of aromatic nitrogens is 4. The van der Waals surface area contributed by atoms with E-state index in [2.05, 4.69) is 81.4 Å². The Labute approximate surface area is 197 Å². The fourth-order valence-electron chi connectivity index (χ4n) is 3.54. The van der Waals surface area contributed by atoms with Crippen molar-refractivity contribution < 1.29 is 0 Å². The van der Waals surface area contributed by atoms with E-state index >= 15 is 0 Å². The Morgan fingerprint density at radius 1 is 1.00 bits per heavy atom. The lowest BCUT2D eigenvalue weighted by Gasteiger charge is -2.11. The van der Waals surface area contributed by atoms with Gasteiger partial charge in [-0.1, -0.05) is 24.3 Å². The summed E-state index contributed by atoms with van der Waals surface area (Å²) in [5, 5.41) is 9.93. The van der Waals surface area contributed by atoms with Crippen LogP contribution in [0, 0.1) is 6.92 Å². The average molecular weight is 453 g/mol. The van der Waals surface area contributed by atoms with Gasteiger partial charge in [0.1, 0.15) is 0 Å². The molecule has 0 amide bonds. The summed E-state index contributed by atoms with van der Waals surface area (Å²) < 4.78 is 1.98. The van der Waals surface area contributed by atoms with Gasteiger partial charge in [0, 0.05) is 65.3 Å². The largest absolute Gasteiger partial charge is 0.385 e. The molecule has 0 aliphatic heterocycles. The Hall–Kier alpha value is -3.97. The highest BCUT2D eigenvalue weighted by Crippen LogP contribution is 2.30. The summed E-state index contributed by atoms with van der Waals surface area (Å²) in [5.74, 6) is 0. The van der Waals surface area contributed by atoms with Crippen LogP contribution in [0.3, 0.4) is 0 Å². The number of thiazole rings is 1. The average Bonchev–Trinajstić information content (AvgIpc) is 3.55. The molecule has 3 aromatic heterocycles. The first-order valence-electron chi connectivity index (χ1n) is 10.8.